The molecule has 0 bridgehead atoms. The van der Waals surface area contributed by atoms with Crippen LogP contribution >= 0.6 is 0 Å². The Morgan fingerprint density at radius 3 is 2.23 bits per heavy atom. The molecule has 4 aliphatic carbocycles. The lowest BCUT2D eigenvalue weighted by Gasteiger charge is -2.61. The van der Waals surface area contributed by atoms with Gasteiger partial charge in [-0.05, 0) is 99.2 Å². The largest absolute Gasteiger partial charge is 0.463 e. The van der Waals surface area contributed by atoms with E-state index >= 15 is 0 Å². The highest BCUT2D eigenvalue weighted by Crippen LogP contribution is 2.67. The molecular formula is C23H36O3. The third-order valence-corrected chi connectivity index (χ3v) is 9.44. The number of Topliss-reactive ketones (excluding diaryl/α,β-unsaturated/α-hetero) is 1. The molecule has 26 heavy (non-hydrogen) atoms. The summed E-state index contributed by atoms with van der Waals surface area (Å²) in [5, 5.41) is 0. The minimum Gasteiger partial charge on any atom is -0.463 e. The van der Waals surface area contributed by atoms with Crippen LogP contribution in [0.4, 0.5) is 0 Å². The molecule has 4 aliphatic rings. The summed E-state index contributed by atoms with van der Waals surface area (Å²) in [4.78, 5) is 23.6. The minimum absolute atomic E-state index is 0.123. The van der Waals surface area contributed by atoms with Gasteiger partial charge in [0.1, 0.15) is 11.9 Å². The van der Waals surface area contributed by atoms with E-state index in [0.717, 1.165) is 37.0 Å². The summed E-state index contributed by atoms with van der Waals surface area (Å²) in [6, 6.07) is 0. The summed E-state index contributed by atoms with van der Waals surface area (Å²) in [7, 11) is 0. The first-order valence-corrected chi connectivity index (χ1v) is 10.9. The molecule has 146 valence electrons. The van der Waals surface area contributed by atoms with Crippen LogP contribution in [-0.2, 0) is 14.3 Å². The van der Waals surface area contributed by atoms with Crippen LogP contribution in [0.15, 0.2) is 0 Å². The topological polar surface area (TPSA) is 43.4 Å². The first kappa shape index (κ1) is 18.5. The van der Waals surface area contributed by atoms with Crippen molar-refractivity contribution in [2.45, 2.75) is 91.6 Å². The van der Waals surface area contributed by atoms with Crippen molar-refractivity contribution in [2.24, 2.45) is 40.4 Å². The van der Waals surface area contributed by atoms with Crippen molar-refractivity contribution in [3.63, 3.8) is 0 Å². The summed E-state index contributed by atoms with van der Waals surface area (Å²) < 4.78 is 5.57. The van der Waals surface area contributed by atoms with Gasteiger partial charge in [-0.1, -0.05) is 13.8 Å². The Labute approximate surface area is 158 Å². The van der Waals surface area contributed by atoms with Crippen LogP contribution in [0.5, 0.6) is 0 Å². The Balaban J connectivity index is 1.54. The lowest BCUT2D eigenvalue weighted by Crippen LogP contribution is -2.54. The van der Waals surface area contributed by atoms with Gasteiger partial charge in [0, 0.05) is 12.8 Å². The molecule has 0 unspecified atom stereocenters. The summed E-state index contributed by atoms with van der Waals surface area (Å²) >= 11 is 0. The number of esters is 1. The molecule has 3 nitrogen and oxygen atoms in total. The summed E-state index contributed by atoms with van der Waals surface area (Å²) in [6.45, 7) is 8.33. The summed E-state index contributed by atoms with van der Waals surface area (Å²) in [5.41, 5.74) is 0.667. The molecule has 0 radical (unpaired) electrons. The third kappa shape index (κ3) is 2.67. The van der Waals surface area contributed by atoms with Crippen LogP contribution in [0.1, 0.15) is 85.5 Å². The van der Waals surface area contributed by atoms with Crippen molar-refractivity contribution in [1.82, 2.24) is 0 Å². The third-order valence-electron chi connectivity index (χ3n) is 9.44. The lowest BCUT2D eigenvalue weighted by molar-refractivity contribution is -0.161. The van der Waals surface area contributed by atoms with E-state index in [1.807, 2.05) is 6.92 Å². The molecule has 0 amide bonds. The van der Waals surface area contributed by atoms with Gasteiger partial charge in [-0.15, -0.1) is 0 Å². The molecule has 0 saturated heterocycles. The Hall–Kier alpha value is -0.860. The molecule has 4 rings (SSSR count). The van der Waals surface area contributed by atoms with Crippen LogP contribution in [-0.4, -0.2) is 17.9 Å². The molecule has 8 atom stereocenters. The van der Waals surface area contributed by atoms with Crippen LogP contribution in [0.3, 0.4) is 0 Å². The first-order valence-electron chi connectivity index (χ1n) is 10.9. The zero-order chi connectivity index (χ0) is 18.7. The zero-order valence-electron chi connectivity index (χ0n) is 17.1. The van der Waals surface area contributed by atoms with Crippen molar-refractivity contribution in [1.29, 1.82) is 0 Å². The smallest absolute Gasteiger partial charge is 0.302 e. The van der Waals surface area contributed by atoms with E-state index in [9.17, 15) is 9.59 Å². The van der Waals surface area contributed by atoms with E-state index in [1.165, 1.54) is 45.4 Å². The summed E-state index contributed by atoms with van der Waals surface area (Å²) in [5.74, 6) is 3.68. The number of fused-ring (bicyclic) bond motifs is 5. The second-order valence-electron chi connectivity index (χ2n) is 10.4. The second kappa shape index (κ2) is 6.34. The second-order valence-corrected chi connectivity index (χ2v) is 10.4. The Morgan fingerprint density at radius 1 is 0.846 bits per heavy atom. The number of hydrogen-bond donors (Lipinski definition) is 0. The van der Waals surface area contributed by atoms with Gasteiger partial charge in [0.05, 0.1) is 0 Å². The van der Waals surface area contributed by atoms with Gasteiger partial charge >= 0.3 is 5.97 Å². The molecule has 0 aromatic carbocycles. The fourth-order valence-corrected chi connectivity index (χ4v) is 8.23. The van der Waals surface area contributed by atoms with Crippen molar-refractivity contribution >= 4 is 11.8 Å². The number of ether oxygens (including phenoxy) is 1. The fraction of sp³-hybridized carbons (Fsp3) is 0.913. The Morgan fingerprint density at radius 2 is 1.54 bits per heavy atom. The van der Waals surface area contributed by atoms with E-state index in [4.69, 9.17) is 4.74 Å². The normalized spacial score (nSPS) is 50.3. The molecule has 0 spiro atoms. The van der Waals surface area contributed by atoms with E-state index < -0.39 is 0 Å². The van der Waals surface area contributed by atoms with E-state index in [2.05, 4.69) is 13.8 Å². The van der Waals surface area contributed by atoms with Gasteiger partial charge in [0.25, 0.3) is 0 Å². The fourth-order valence-electron chi connectivity index (χ4n) is 8.23. The average molecular weight is 361 g/mol. The lowest BCUT2D eigenvalue weighted by atomic mass is 9.44. The SMILES string of the molecule is CC(=O)O[C@@H]1CC[C@@]2(C)[C@@H](CC[C@H]3[C@H]2CC[C@]2(C)[C@@H]3CC[C@H]2C(C)=O)C1. The number of hydrogen-bond acceptors (Lipinski definition) is 3. The average Bonchev–Trinajstić information content (AvgIpc) is 2.92. The Kier molecular flexibility index (Phi) is 4.51. The quantitative estimate of drug-likeness (QED) is 0.638. The van der Waals surface area contributed by atoms with Crippen LogP contribution in [0.2, 0.25) is 0 Å². The predicted octanol–water partition coefficient (Wildman–Crippen LogP) is 5.17. The monoisotopic (exact) mass is 360 g/mol. The van der Waals surface area contributed by atoms with Gasteiger partial charge in [0.15, 0.2) is 0 Å². The maximum absolute atomic E-state index is 12.2. The first-order chi connectivity index (χ1) is 12.3. The van der Waals surface area contributed by atoms with Crippen LogP contribution in [0, 0.1) is 40.4 Å². The molecule has 0 aromatic rings. The van der Waals surface area contributed by atoms with Crippen molar-refractivity contribution < 1.29 is 14.3 Å². The molecular weight excluding hydrogens is 324 g/mol. The maximum Gasteiger partial charge on any atom is 0.302 e. The molecule has 0 N–H and O–H groups in total. The Bertz CT molecular complexity index is 598. The van der Waals surface area contributed by atoms with Gasteiger partial charge < -0.3 is 4.74 Å². The van der Waals surface area contributed by atoms with Crippen molar-refractivity contribution in [3.8, 4) is 0 Å². The predicted molar refractivity (Wildman–Crippen MR) is 101 cm³/mol. The highest BCUT2D eigenvalue weighted by atomic mass is 16.5. The zero-order valence-corrected chi connectivity index (χ0v) is 17.1. The van der Waals surface area contributed by atoms with Crippen LogP contribution in [0.25, 0.3) is 0 Å². The number of carbonyl (C=O) groups excluding carboxylic acids is 2. The molecule has 0 heterocycles. The molecule has 4 saturated carbocycles. The highest BCUT2D eigenvalue weighted by Gasteiger charge is 2.60. The summed E-state index contributed by atoms with van der Waals surface area (Å²) in [6.07, 6.45) is 11.0. The van der Waals surface area contributed by atoms with Crippen molar-refractivity contribution in [2.75, 3.05) is 0 Å². The standard InChI is InChI=1S/C23H36O3/c1-14(24)19-7-8-20-18-6-5-16-13-17(26-15(2)25)9-11-22(16,3)21(18)10-12-23(19,20)4/h16-21H,5-13H2,1-4H3/t16-,17+,18+,19-,20+,21+,22-,23-/m0/s1. The van der Waals surface area contributed by atoms with Gasteiger partial charge in [-0.2, -0.15) is 0 Å². The molecule has 4 fully saturated rings. The van der Waals surface area contributed by atoms with Gasteiger partial charge in [0.2, 0.25) is 0 Å². The number of ketones is 1. The van der Waals surface area contributed by atoms with Crippen LogP contribution < -0.4 is 0 Å². The number of carbonyl (C=O) groups is 2. The molecule has 0 aromatic heterocycles. The van der Waals surface area contributed by atoms with Gasteiger partial charge in [-0.3, -0.25) is 9.59 Å². The minimum atomic E-state index is -0.123. The van der Waals surface area contributed by atoms with E-state index in [0.29, 0.717) is 23.0 Å². The van der Waals surface area contributed by atoms with Gasteiger partial charge in [-0.25, -0.2) is 0 Å². The maximum atomic E-state index is 12.2. The number of rotatable bonds is 2. The highest BCUT2D eigenvalue weighted by molar-refractivity contribution is 5.79. The molecule has 0 aliphatic heterocycles. The molecule has 3 heteroatoms. The van der Waals surface area contributed by atoms with Crippen molar-refractivity contribution in [3.05, 3.63) is 0 Å². The van der Waals surface area contributed by atoms with E-state index in [1.54, 1.807) is 0 Å². The van der Waals surface area contributed by atoms with E-state index in [-0.39, 0.29) is 17.5 Å².